The first kappa shape index (κ1) is 13.3. The molecule has 1 fully saturated rings. The minimum absolute atomic E-state index is 0.100. The van der Waals surface area contributed by atoms with Gasteiger partial charge in [-0.25, -0.2) is 0 Å². The first-order chi connectivity index (χ1) is 9.02. The third kappa shape index (κ3) is 2.18. The third-order valence-corrected chi connectivity index (χ3v) is 5.22. The largest absolute Gasteiger partial charge is 0.323 e. The molecule has 1 aromatic rings. The van der Waals surface area contributed by atoms with Crippen molar-refractivity contribution < 1.29 is 0 Å². The van der Waals surface area contributed by atoms with Crippen LogP contribution in [0.3, 0.4) is 0 Å². The fraction of sp³-hybridized carbons (Fsp3) is 0.667. The number of pyridine rings is 1. The van der Waals surface area contributed by atoms with Crippen molar-refractivity contribution >= 4 is 11.6 Å². The summed E-state index contributed by atoms with van der Waals surface area (Å²) in [6, 6.07) is 2.74. The van der Waals surface area contributed by atoms with Crippen LogP contribution < -0.4 is 5.73 Å². The van der Waals surface area contributed by atoms with E-state index in [0.29, 0.717) is 11.1 Å². The van der Waals surface area contributed by atoms with E-state index in [9.17, 15) is 0 Å². The molecule has 0 bridgehead atoms. The van der Waals surface area contributed by atoms with Crippen LogP contribution >= 0.6 is 11.6 Å². The summed E-state index contributed by atoms with van der Waals surface area (Å²) < 4.78 is 0. The summed E-state index contributed by atoms with van der Waals surface area (Å²) in [4.78, 5) is 7.03. The monoisotopic (exact) mass is 279 g/mol. The highest BCUT2D eigenvalue weighted by molar-refractivity contribution is 6.30. The molecule has 1 spiro atoms. The number of halogens is 1. The average Bonchev–Trinajstić information content (AvgIpc) is 2.64. The Hall–Kier alpha value is -0.640. The minimum atomic E-state index is 0.100. The second kappa shape index (κ2) is 4.72. The van der Waals surface area contributed by atoms with E-state index in [1.54, 1.807) is 6.20 Å². The van der Waals surface area contributed by atoms with Crippen LogP contribution in [0.1, 0.15) is 44.0 Å². The Bertz CT molecular complexity index is 478. The zero-order valence-corrected chi connectivity index (χ0v) is 12.5. The Morgan fingerprint density at radius 2 is 2.11 bits per heavy atom. The molecule has 0 unspecified atom stereocenters. The molecule has 0 saturated carbocycles. The van der Waals surface area contributed by atoms with Gasteiger partial charge in [-0.2, -0.15) is 0 Å². The molecule has 0 amide bonds. The van der Waals surface area contributed by atoms with E-state index in [-0.39, 0.29) is 11.5 Å². The number of hydrogen-bond acceptors (Lipinski definition) is 3. The standard InChI is InChI=1S/C15H22ClN3/c1-10(2)19-5-3-15(4-6-19)8-13-12(14(15)17)7-11(16)9-18-13/h7,9-10,14H,3-6,8,17H2,1-2H3/t14-/m1/s1. The highest BCUT2D eigenvalue weighted by Crippen LogP contribution is 2.50. The smallest absolute Gasteiger partial charge is 0.0592 e. The molecule has 3 rings (SSSR count). The number of piperidine rings is 1. The Balaban J connectivity index is 1.82. The van der Waals surface area contributed by atoms with Crippen molar-refractivity contribution in [2.75, 3.05) is 13.1 Å². The zero-order valence-electron chi connectivity index (χ0n) is 11.7. The van der Waals surface area contributed by atoms with E-state index < -0.39 is 0 Å². The normalized spacial score (nSPS) is 26.1. The first-order valence-corrected chi connectivity index (χ1v) is 7.54. The van der Waals surface area contributed by atoms with Gasteiger partial charge in [0.1, 0.15) is 0 Å². The summed E-state index contributed by atoms with van der Waals surface area (Å²) in [6.07, 6.45) is 5.10. The third-order valence-electron chi connectivity index (χ3n) is 5.01. The summed E-state index contributed by atoms with van der Waals surface area (Å²) >= 11 is 6.05. The SMILES string of the molecule is CC(C)N1CCC2(CC1)Cc1ncc(Cl)cc1[C@H]2N. The van der Waals surface area contributed by atoms with Crippen molar-refractivity contribution in [3.8, 4) is 0 Å². The van der Waals surface area contributed by atoms with E-state index in [1.165, 1.54) is 18.4 Å². The predicted octanol–water partition coefficient (Wildman–Crippen LogP) is 2.78. The van der Waals surface area contributed by atoms with E-state index in [1.807, 2.05) is 6.07 Å². The maximum atomic E-state index is 6.53. The molecule has 0 aromatic carbocycles. The molecule has 104 valence electrons. The van der Waals surface area contributed by atoms with Crippen LogP contribution in [0, 0.1) is 5.41 Å². The predicted molar refractivity (Wildman–Crippen MR) is 78.3 cm³/mol. The molecule has 0 radical (unpaired) electrons. The van der Waals surface area contributed by atoms with Crippen molar-refractivity contribution in [1.82, 2.24) is 9.88 Å². The van der Waals surface area contributed by atoms with Gasteiger partial charge in [0.25, 0.3) is 0 Å². The molecule has 2 heterocycles. The van der Waals surface area contributed by atoms with Gasteiger partial charge in [-0.1, -0.05) is 11.6 Å². The minimum Gasteiger partial charge on any atom is -0.323 e. The van der Waals surface area contributed by atoms with Crippen LogP contribution in [0.5, 0.6) is 0 Å². The molecular weight excluding hydrogens is 258 g/mol. The summed E-state index contributed by atoms with van der Waals surface area (Å²) in [5.41, 5.74) is 9.08. The Morgan fingerprint density at radius 3 is 2.74 bits per heavy atom. The molecule has 2 N–H and O–H groups in total. The van der Waals surface area contributed by atoms with Gasteiger partial charge in [0.05, 0.1) is 5.02 Å². The lowest BCUT2D eigenvalue weighted by Crippen LogP contribution is -2.46. The summed E-state index contributed by atoms with van der Waals surface area (Å²) in [7, 11) is 0. The molecule has 1 atom stereocenters. The van der Waals surface area contributed by atoms with Gasteiger partial charge in [-0.05, 0) is 63.2 Å². The zero-order chi connectivity index (χ0) is 13.6. The van der Waals surface area contributed by atoms with Gasteiger partial charge in [-0.3, -0.25) is 4.98 Å². The van der Waals surface area contributed by atoms with E-state index >= 15 is 0 Å². The van der Waals surface area contributed by atoms with Crippen LogP contribution in [0.25, 0.3) is 0 Å². The molecular formula is C15H22ClN3. The summed E-state index contributed by atoms with van der Waals surface area (Å²) in [5.74, 6) is 0. The number of fused-ring (bicyclic) bond motifs is 1. The fourth-order valence-corrected chi connectivity index (χ4v) is 3.81. The molecule has 1 aromatic heterocycles. The van der Waals surface area contributed by atoms with Crippen LogP contribution in [0.15, 0.2) is 12.3 Å². The van der Waals surface area contributed by atoms with Crippen LogP contribution in [0.4, 0.5) is 0 Å². The maximum Gasteiger partial charge on any atom is 0.0592 e. The molecule has 19 heavy (non-hydrogen) atoms. The van der Waals surface area contributed by atoms with Gasteiger partial charge in [0.15, 0.2) is 0 Å². The van der Waals surface area contributed by atoms with E-state index in [4.69, 9.17) is 17.3 Å². The molecule has 3 nitrogen and oxygen atoms in total. The Morgan fingerprint density at radius 1 is 1.42 bits per heavy atom. The Kier molecular flexibility index (Phi) is 3.32. The fourth-order valence-electron chi connectivity index (χ4n) is 3.65. The molecule has 2 aliphatic rings. The quantitative estimate of drug-likeness (QED) is 0.860. The summed E-state index contributed by atoms with van der Waals surface area (Å²) in [6.45, 7) is 6.82. The van der Waals surface area contributed by atoms with Crippen LogP contribution in [0.2, 0.25) is 5.02 Å². The van der Waals surface area contributed by atoms with Crippen LogP contribution in [-0.4, -0.2) is 29.0 Å². The van der Waals surface area contributed by atoms with Gasteiger partial charge in [0, 0.05) is 24.0 Å². The van der Waals surface area contributed by atoms with Crippen molar-refractivity contribution in [2.24, 2.45) is 11.1 Å². The number of aromatic nitrogens is 1. The topological polar surface area (TPSA) is 42.2 Å². The van der Waals surface area contributed by atoms with Crippen molar-refractivity contribution in [3.05, 3.63) is 28.5 Å². The highest BCUT2D eigenvalue weighted by Gasteiger charge is 2.46. The summed E-state index contributed by atoms with van der Waals surface area (Å²) in [5, 5.41) is 0.700. The van der Waals surface area contributed by atoms with Crippen molar-refractivity contribution in [3.63, 3.8) is 0 Å². The second-order valence-corrected chi connectivity index (χ2v) is 6.77. The maximum absolute atomic E-state index is 6.53. The second-order valence-electron chi connectivity index (χ2n) is 6.34. The lowest BCUT2D eigenvalue weighted by molar-refractivity contribution is 0.0708. The molecule has 4 heteroatoms. The van der Waals surface area contributed by atoms with Gasteiger partial charge < -0.3 is 10.6 Å². The van der Waals surface area contributed by atoms with Crippen molar-refractivity contribution in [2.45, 2.75) is 45.2 Å². The Labute approximate surface area is 120 Å². The van der Waals surface area contributed by atoms with Crippen LogP contribution in [-0.2, 0) is 6.42 Å². The lowest BCUT2D eigenvalue weighted by Gasteiger charge is -2.43. The lowest BCUT2D eigenvalue weighted by atomic mass is 9.73. The molecule has 1 saturated heterocycles. The van der Waals surface area contributed by atoms with Crippen molar-refractivity contribution in [1.29, 1.82) is 0 Å². The first-order valence-electron chi connectivity index (χ1n) is 7.16. The number of nitrogens with two attached hydrogens (primary N) is 1. The number of hydrogen-bond donors (Lipinski definition) is 1. The van der Waals surface area contributed by atoms with E-state index in [0.717, 1.165) is 25.2 Å². The number of nitrogens with zero attached hydrogens (tertiary/aromatic N) is 2. The molecule has 1 aliphatic heterocycles. The number of rotatable bonds is 1. The highest BCUT2D eigenvalue weighted by atomic mass is 35.5. The number of likely N-dealkylation sites (tertiary alicyclic amines) is 1. The van der Waals surface area contributed by atoms with Gasteiger partial charge in [0.2, 0.25) is 0 Å². The van der Waals surface area contributed by atoms with E-state index in [2.05, 4.69) is 23.7 Å². The van der Waals surface area contributed by atoms with Gasteiger partial charge >= 0.3 is 0 Å². The average molecular weight is 280 g/mol. The molecule has 1 aliphatic carbocycles. The van der Waals surface area contributed by atoms with Gasteiger partial charge in [-0.15, -0.1) is 0 Å².